The van der Waals surface area contributed by atoms with Crippen LogP contribution in [0.5, 0.6) is 0 Å². The highest BCUT2D eigenvalue weighted by atomic mass is 127. The molecule has 0 aromatic heterocycles. The van der Waals surface area contributed by atoms with Crippen LogP contribution in [0.15, 0.2) is 54.6 Å². The second-order valence-corrected chi connectivity index (χ2v) is 7.44. The van der Waals surface area contributed by atoms with Gasteiger partial charge < -0.3 is 5.32 Å². The Balaban J connectivity index is 1.80. The van der Waals surface area contributed by atoms with E-state index in [2.05, 4.69) is 70.4 Å². The van der Waals surface area contributed by atoms with Gasteiger partial charge in [0.2, 0.25) is 0 Å². The van der Waals surface area contributed by atoms with E-state index in [9.17, 15) is 0 Å². The second-order valence-electron chi connectivity index (χ2n) is 5.76. The first-order valence-electron chi connectivity index (χ1n) is 7.20. The van der Waals surface area contributed by atoms with Crippen molar-refractivity contribution in [1.82, 2.24) is 0 Å². The number of halogens is 2. The molecule has 2 aromatic rings. The van der Waals surface area contributed by atoms with Gasteiger partial charge in [-0.3, -0.25) is 0 Å². The quantitative estimate of drug-likeness (QED) is 0.467. The summed E-state index contributed by atoms with van der Waals surface area (Å²) in [7, 11) is 0. The summed E-state index contributed by atoms with van der Waals surface area (Å²) in [5, 5.41) is 4.55. The van der Waals surface area contributed by atoms with Crippen molar-refractivity contribution in [2.24, 2.45) is 5.92 Å². The Kier molecular flexibility index (Phi) is 3.46. The van der Waals surface area contributed by atoms with Gasteiger partial charge in [-0.1, -0.05) is 35.9 Å². The van der Waals surface area contributed by atoms with Crippen LogP contribution in [0.25, 0.3) is 0 Å². The number of anilines is 1. The van der Waals surface area contributed by atoms with Crippen molar-refractivity contribution in [1.29, 1.82) is 0 Å². The van der Waals surface area contributed by atoms with Crippen LogP contribution in [0.3, 0.4) is 0 Å². The summed E-state index contributed by atoms with van der Waals surface area (Å²) >= 11 is 8.58. The number of hydrogen-bond acceptors (Lipinski definition) is 1. The molecular formula is C18H15ClIN. The zero-order chi connectivity index (χ0) is 14.4. The summed E-state index contributed by atoms with van der Waals surface area (Å²) in [6.45, 7) is 0. The molecule has 0 fully saturated rings. The average molecular weight is 408 g/mol. The second kappa shape index (κ2) is 5.33. The van der Waals surface area contributed by atoms with Gasteiger partial charge in [0.05, 0.1) is 6.04 Å². The minimum atomic E-state index is 0.330. The average Bonchev–Trinajstić information content (AvgIpc) is 2.96. The first-order chi connectivity index (χ1) is 10.2. The number of nitrogens with one attached hydrogen (secondary N) is 1. The maximum atomic E-state index is 6.18. The first kappa shape index (κ1) is 13.6. The number of rotatable bonds is 1. The molecule has 1 aliphatic heterocycles. The number of fused-ring (bicyclic) bond motifs is 3. The zero-order valence-corrected chi connectivity index (χ0v) is 14.3. The third kappa shape index (κ3) is 2.38. The van der Waals surface area contributed by atoms with E-state index < -0.39 is 0 Å². The SMILES string of the molecule is Clc1cccc(C2Nc3ccc(I)cc3C3C=CCC32)c1. The predicted octanol–water partition coefficient (Wildman–Crippen LogP) is 5.77. The third-order valence-corrected chi connectivity index (χ3v) is 5.44. The lowest BCUT2D eigenvalue weighted by Crippen LogP contribution is -2.29. The molecule has 1 aliphatic carbocycles. The molecule has 0 bridgehead atoms. The fourth-order valence-electron chi connectivity index (χ4n) is 3.60. The van der Waals surface area contributed by atoms with E-state index in [4.69, 9.17) is 11.6 Å². The summed E-state index contributed by atoms with van der Waals surface area (Å²) in [5.41, 5.74) is 3.97. The van der Waals surface area contributed by atoms with E-state index in [1.54, 1.807) is 0 Å². The van der Waals surface area contributed by atoms with Crippen molar-refractivity contribution in [2.75, 3.05) is 5.32 Å². The van der Waals surface area contributed by atoms with Crippen LogP contribution in [0, 0.1) is 9.49 Å². The molecule has 3 unspecified atom stereocenters. The normalized spacial score (nSPS) is 26.1. The van der Waals surface area contributed by atoms with Gasteiger partial charge in [-0.2, -0.15) is 0 Å². The standard InChI is InChI=1S/C18H15ClIN/c19-12-4-1-3-11(9-12)18-15-6-2-5-14(15)16-10-13(20)7-8-17(16)21-18/h1-5,7-10,14-15,18,21H,6H2. The largest absolute Gasteiger partial charge is 0.378 e. The van der Waals surface area contributed by atoms with Crippen LogP contribution in [0.2, 0.25) is 5.02 Å². The molecule has 1 N–H and O–H groups in total. The minimum absolute atomic E-state index is 0.330. The van der Waals surface area contributed by atoms with Crippen LogP contribution in [-0.4, -0.2) is 0 Å². The molecule has 0 saturated carbocycles. The van der Waals surface area contributed by atoms with Gasteiger partial charge in [-0.15, -0.1) is 0 Å². The third-order valence-electron chi connectivity index (χ3n) is 4.53. The maximum Gasteiger partial charge on any atom is 0.0554 e. The molecule has 0 amide bonds. The molecule has 3 heteroatoms. The minimum Gasteiger partial charge on any atom is -0.378 e. The van der Waals surface area contributed by atoms with Crippen molar-refractivity contribution < 1.29 is 0 Å². The van der Waals surface area contributed by atoms with Crippen molar-refractivity contribution >= 4 is 39.9 Å². The van der Waals surface area contributed by atoms with Crippen molar-refractivity contribution in [3.63, 3.8) is 0 Å². The van der Waals surface area contributed by atoms with E-state index in [0.29, 0.717) is 17.9 Å². The molecule has 4 rings (SSSR count). The van der Waals surface area contributed by atoms with Crippen LogP contribution in [-0.2, 0) is 0 Å². The Labute approximate surface area is 143 Å². The van der Waals surface area contributed by atoms with Crippen molar-refractivity contribution in [2.45, 2.75) is 18.4 Å². The lowest BCUT2D eigenvalue weighted by atomic mass is 9.77. The van der Waals surface area contributed by atoms with Crippen LogP contribution >= 0.6 is 34.2 Å². The van der Waals surface area contributed by atoms with Crippen LogP contribution < -0.4 is 5.32 Å². The van der Waals surface area contributed by atoms with Crippen molar-refractivity contribution in [3.05, 3.63) is 74.3 Å². The highest BCUT2D eigenvalue weighted by molar-refractivity contribution is 14.1. The van der Waals surface area contributed by atoms with Gasteiger partial charge in [0.25, 0.3) is 0 Å². The molecule has 0 saturated heterocycles. The summed E-state index contributed by atoms with van der Waals surface area (Å²) < 4.78 is 1.30. The number of benzene rings is 2. The van der Waals surface area contributed by atoms with Gasteiger partial charge in [0.15, 0.2) is 0 Å². The zero-order valence-electron chi connectivity index (χ0n) is 11.4. The number of hydrogen-bond donors (Lipinski definition) is 1. The van der Waals surface area contributed by atoms with E-state index in [1.165, 1.54) is 20.4 Å². The van der Waals surface area contributed by atoms with Gasteiger partial charge in [-0.05, 0) is 76.4 Å². The topological polar surface area (TPSA) is 12.0 Å². The Morgan fingerprint density at radius 1 is 1.14 bits per heavy atom. The summed E-state index contributed by atoms with van der Waals surface area (Å²) in [6.07, 6.45) is 5.82. The molecule has 1 heterocycles. The van der Waals surface area contributed by atoms with Gasteiger partial charge in [0.1, 0.15) is 0 Å². The lowest BCUT2D eigenvalue weighted by Gasteiger charge is -2.37. The van der Waals surface area contributed by atoms with E-state index >= 15 is 0 Å². The molecule has 2 aliphatic rings. The maximum absolute atomic E-state index is 6.18. The molecule has 0 radical (unpaired) electrons. The van der Waals surface area contributed by atoms with Gasteiger partial charge in [-0.25, -0.2) is 0 Å². The van der Waals surface area contributed by atoms with Gasteiger partial charge in [0, 0.05) is 20.2 Å². The highest BCUT2D eigenvalue weighted by Crippen LogP contribution is 2.50. The molecule has 21 heavy (non-hydrogen) atoms. The summed E-state index contributed by atoms with van der Waals surface area (Å²) in [6, 6.07) is 15.3. The Hall–Kier alpha value is -1.00. The van der Waals surface area contributed by atoms with Gasteiger partial charge >= 0.3 is 0 Å². The molecule has 3 atom stereocenters. The monoisotopic (exact) mass is 407 g/mol. The predicted molar refractivity (Wildman–Crippen MR) is 97.0 cm³/mol. The van der Waals surface area contributed by atoms with E-state index in [-0.39, 0.29) is 0 Å². The first-order valence-corrected chi connectivity index (χ1v) is 8.66. The van der Waals surface area contributed by atoms with Crippen molar-refractivity contribution in [3.8, 4) is 0 Å². The Bertz CT molecular complexity index is 725. The molecule has 1 nitrogen and oxygen atoms in total. The smallest absolute Gasteiger partial charge is 0.0554 e. The molecule has 106 valence electrons. The van der Waals surface area contributed by atoms with E-state index in [1.807, 2.05) is 12.1 Å². The van der Waals surface area contributed by atoms with E-state index in [0.717, 1.165) is 11.4 Å². The fourth-order valence-corrected chi connectivity index (χ4v) is 4.31. The number of allylic oxidation sites excluding steroid dienone is 2. The fraction of sp³-hybridized carbons (Fsp3) is 0.222. The molecular weight excluding hydrogens is 393 g/mol. The molecule has 0 spiro atoms. The summed E-state index contributed by atoms with van der Waals surface area (Å²) in [5.74, 6) is 1.09. The summed E-state index contributed by atoms with van der Waals surface area (Å²) in [4.78, 5) is 0. The Morgan fingerprint density at radius 2 is 2.05 bits per heavy atom. The Morgan fingerprint density at radius 3 is 2.90 bits per heavy atom. The molecule has 2 aromatic carbocycles. The lowest BCUT2D eigenvalue weighted by molar-refractivity contribution is 0.425. The van der Waals surface area contributed by atoms with Crippen LogP contribution in [0.1, 0.15) is 29.5 Å². The highest BCUT2D eigenvalue weighted by Gasteiger charge is 2.37. The van der Waals surface area contributed by atoms with Crippen LogP contribution in [0.4, 0.5) is 5.69 Å².